The lowest BCUT2D eigenvalue weighted by Gasteiger charge is -2.26. The van der Waals surface area contributed by atoms with Crippen LogP contribution in [-0.2, 0) is 33.3 Å². The van der Waals surface area contributed by atoms with E-state index in [0.717, 1.165) is 70.6 Å². The van der Waals surface area contributed by atoms with E-state index < -0.39 is 24.3 Å². The lowest BCUT2D eigenvalue weighted by Crippen LogP contribution is -2.44. The molecule has 0 heterocycles. The van der Waals surface area contributed by atoms with Crippen LogP contribution in [0.25, 0.3) is 0 Å². The molecule has 0 saturated heterocycles. The Morgan fingerprint density at radius 2 is 0.606 bits per heavy atom. The van der Waals surface area contributed by atoms with Gasteiger partial charge in [0.05, 0.1) is 40.3 Å². The molecule has 9 heteroatoms. The lowest BCUT2D eigenvalue weighted by atomic mass is 10.0. The van der Waals surface area contributed by atoms with Crippen LogP contribution >= 0.6 is 0 Å². The molecule has 0 aromatic rings. The van der Waals surface area contributed by atoms with Gasteiger partial charge in [0, 0.05) is 12.8 Å². The van der Waals surface area contributed by atoms with Crippen LogP contribution in [0.3, 0.4) is 0 Å². The second kappa shape index (κ2) is 75.5. The van der Waals surface area contributed by atoms with Crippen molar-refractivity contribution in [2.24, 2.45) is 0 Å². The second-order valence-electron chi connectivity index (χ2n) is 28.7. The standard InChI is InChI=1S/C85H155NO8/c1-6-8-10-12-14-16-18-20-22-24-26-28-30-32-34-36-38-40-42-44-46-48-50-52-54-56-58-60-62-64-66-68-70-72-74-76-83(88)94-81(80-93-85(84(89)90)91-78-77-86(3,4)5)79-92-82(87)75-73-71-69-67-65-63-61-59-57-55-53-51-49-47-45-43-41-39-37-35-33-31-29-27-25-23-21-19-17-15-13-11-9-7-2/h8,10,14,16,20,22,26,28,32,34,38,40,81,85H,6-7,9,11-13,15,17-19,21,23-25,27,29-31,33,35-37,39,41-80H2,1-5H3/b10-8-,16-14-,22-20-,28-26-,34-32-,40-38-. The third-order valence-corrected chi connectivity index (χ3v) is 18.2. The molecule has 2 atom stereocenters. The molecule has 0 radical (unpaired) electrons. The van der Waals surface area contributed by atoms with E-state index in [4.69, 9.17) is 18.9 Å². The molecule has 0 aliphatic carbocycles. The molecular formula is C85H155NO8. The Morgan fingerprint density at radius 1 is 0.330 bits per heavy atom. The number of ether oxygens (including phenoxy) is 4. The van der Waals surface area contributed by atoms with Gasteiger partial charge >= 0.3 is 11.9 Å². The molecule has 0 aromatic carbocycles. The van der Waals surface area contributed by atoms with E-state index in [-0.39, 0.29) is 32.2 Å². The molecule has 0 bridgehead atoms. The monoisotopic (exact) mass is 1320 g/mol. The van der Waals surface area contributed by atoms with Crippen LogP contribution in [0.1, 0.15) is 393 Å². The molecule has 0 saturated carbocycles. The highest BCUT2D eigenvalue weighted by Gasteiger charge is 2.22. The van der Waals surface area contributed by atoms with E-state index in [2.05, 4.69) is 86.8 Å². The number of hydrogen-bond donors (Lipinski definition) is 0. The van der Waals surface area contributed by atoms with Crippen molar-refractivity contribution in [1.29, 1.82) is 0 Å². The number of carbonyl (C=O) groups is 3. The Labute approximate surface area is 583 Å². The zero-order valence-corrected chi connectivity index (χ0v) is 62.8. The summed E-state index contributed by atoms with van der Waals surface area (Å²) in [6.07, 6.45) is 98.9. The highest BCUT2D eigenvalue weighted by molar-refractivity contribution is 5.70. The second-order valence-corrected chi connectivity index (χ2v) is 28.7. The van der Waals surface area contributed by atoms with Crippen molar-refractivity contribution in [3.8, 4) is 0 Å². The highest BCUT2D eigenvalue weighted by Crippen LogP contribution is 2.20. The maximum absolute atomic E-state index is 13.0. The Bertz CT molecular complexity index is 1780. The van der Waals surface area contributed by atoms with E-state index >= 15 is 0 Å². The third kappa shape index (κ3) is 76.1. The Balaban J connectivity index is 3.99. The van der Waals surface area contributed by atoms with Gasteiger partial charge in [-0.3, -0.25) is 9.59 Å². The number of quaternary nitrogens is 1. The molecule has 94 heavy (non-hydrogen) atoms. The van der Waals surface area contributed by atoms with Gasteiger partial charge in [-0.25, -0.2) is 0 Å². The van der Waals surface area contributed by atoms with Crippen molar-refractivity contribution >= 4 is 17.9 Å². The number of aliphatic carboxylic acids is 1. The van der Waals surface area contributed by atoms with Gasteiger partial charge in [-0.05, 0) is 64.2 Å². The molecule has 0 rings (SSSR count). The lowest BCUT2D eigenvalue weighted by molar-refractivity contribution is -0.870. The molecule has 548 valence electrons. The number of nitrogens with zero attached hydrogens (tertiary/aromatic N) is 1. The molecule has 0 aromatic heterocycles. The molecule has 0 N–H and O–H groups in total. The molecule has 0 aliphatic heterocycles. The summed E-state index contributed by atoms with van der Waals surface area (Å²) in [5.74, 6) is -2.26. The minimum atomic E-state index is -1.62. The van der Waals surface area contributed by atoms with E-state index in [1.165, 1.54) is 289 Å². The quantitative estimate of drug-likeness (QED) is 0.0195. The summed E-state index contributed by atoms with van der Waals surface area (Å²) in [7, 11) is 5.95. The molecular weight excluding hydrogens is 1160 g/mol. The number of unbranched alkanes of at least 4 members (excludes halogenated alkanes) is 49. The number of esters is 2. The number of likely N-dealkylation sites (N-methyl/N-ethyl adjacent to an activating group) is 1. The van der Waals surface area contributed by atoms with Gasteiger partial charge in [0.25, 0.3) is 0 Å². The zero-order chi connectivity index (χ0) is 68.2. The van der Waals surface area contributed by atoms with Crippen molar-refractivity contribution in [1.82, 2.24) is 0 Å². The number of carboxylic acids is 1. The summed E-state index contributed by atoms with van der Waals surface area (Å²) in [4.78, 5) is 37.6. The van der Waals surface area contributed by atoms with Crippen LogP contribution in [0, 0.1) is 0 Å². The van der Waals surface area contributed by atoms with E-state index in [0.29, 0.717) is 23.9 Å². The minimum absolute atomic E-state index is 0.149. The van der Waals surface area contributed by atoms with E-state index in [1.807, 2.05) is 21.1 Å². The van der Waals surface area contributed by atoms with Gasteiger partial charge < -0.3 is 33.3 Å². The van der Waals surface area contributed by atoms with Gasteiger partial charge in [0.15, 0.2) is 12.4 Å². The summed E-state index contributed by atoms with van der Waals surface area (Å²) in [5, 5.41) is 11.9. The van der Waals surface area contributed by atoms with Gasteiger partial charge in [-0.2, -0.15) is 0 Å². The van der Waals surface area contributed by atoms with Gasteiger partial charge in [0.1, 0.15) is 13.2 Å². The fourth-order valence-electron chi connectivity index (χ4n) is 12.1. The molecule has 0 spiro atoms. The normalized spacial score (nSPS) is 13.0. The summed E-state index contributed by atoms with van der Waals surface area (Å²) in [6, 6.07) is 0. The topological polar surface area (TPSA) is 111 Å². The van der Waals surface area contributed by atoms with Gasteiger partial charge in [-0.1, -0.05) is 389 Å². The zero-order valence-electron chi connectivity index (χ0n) is 62.8. The van der Waals surface area contributed by atoms with Crippen molar-refractivity contribution in [2.45, 2.75) is 405 Å². The van der Waals surface area contributed by atoms with Crippen molar-refractivity contribution in [3.05, 3.63) is 72.9 Å². The average molecular weight is 1320 g/mol. The minimum Gasteiger partial charge on any atom is -0.545 e. The first-order valence-electron chi connectivity index (χ1n) is 40.6. The van der Waals surface area contributed by atoms with Crippen molar-refractivity contribution < 1.29 is 42.9 Å². The SMILES string of the molecule is CC/C=C\C/C=C\C/C=C\C/C=C\C/C=C\C/C=C\CCCCCCCCCCCCCCCCCCC(=O)OC(COC(=O)CCCCCCCCCCCCCCCCCCCCCCCCCCCCCCCCCCCC)COC(OCC[N+](C)(C)C)C(=O)[O-]. The number of hydrogen-bond acceptors (Lipinski definition) is 8. The van der Waals surface area contributed by atoms with Gasteiger partial charge in [0.2, 0.25) is 0 Å². The predicted molar refractivity (Wildman–Crippen MR) is 403 cm³/mol. The number of allylic oxidation sites excluding steroid dienone is 12. The highest BCUT2D eigenvalue weighted by atomic mass is 16.7. The molecule has 0 amide bonds. The third-order valence-electron chi connectivity index (χ3n) is 18.2. The Morgan fingerprint density at radius 3 is 0.904 bits per heavy atom. The number of carboxylic acid groups (broad SMARTS) is 1. The summed E-state index contributed by atoms with van der Waals surface area (Å²) < 4.78 is 22.9. The molecule has 0 aliphatic rings. The number of carbonyl (C=O) groups excluding carboxylic acids is 3. The summed E-state index contributed by atoms with van der Waals surface area (Å²) in [5.41, 5.74) is 0. The molecule has 9 nitrogen and oxygen atoms in total. The van der Waals surface area contributed by atoms with Crippen LogP contribution in [0.2, 0.25) is 0 Å². The Kier molecular flexibility index (Phi) is 72.9. The summed E-state index contributed by atoms with van der Waals surface area (Å²) in [6.45, 7) is 4.70. The van der Waals surface area contributed by atoms with Crippen LogP contribution in [0.5, 0.6) is 0 Å². The smallest absolute Gasteiger partial charge is 0.306 e. The van der Waals surface area contributed by atoms with Crippen LogP contribution in [0.15, 0.2) is 72.9 Å². The molecule has 0 fully saturated rings. The maximum atomic E-state index is 13.0. The van der Waals surface area contributed by atoms with Crippen molar-refractivity contribution in [2.75, 3.05) is 47.5 Å². The predicted octanol–water partition coefficient (Wildman–Crippen LogP) is 24.6. The van der Waals surface area contributed by atoms with Crippen LogP contribution in [-0.4, -0.2) is 82.3 Å². The van der Waals surface area contributed by atoms with Gasteiger partial charge in [-0.15, -0.1) is 0 Å². The maximum Gasteiger partial charge on any atom is 0.306 e. The fourth-order valence-corrected chi connectivity index (χ4v) is 12.1. The van der Waals surface area contributed by atoms with Crippen LogP contribution < -0.4 is 5.11 Å². The Hall–Kier alpha value is -3.27. The van der Waals surface area contributed by atoms with Crippen LogP contribution in [0.4, 0.5) is 0 Å². The first-order chi connectivity index (χ1) is 46.1. The van der Waals surface area contributed by atoms with E-state index in [9.17, 15) is 19.5 Å². The van der Waals surface area contributed by atoms with Crippen molar-refractivity contribution in [3.63, 3.8) is 0 Å². The fraction of sp³-hybridized carbons (Fsp3) is 0.824. The first kappa shape index (κ1) is 90.7. The summed E-state index contributed by atoms with van der Waals surface area (Å²) >= 11 is 0. The number of rotatable bonds is 76. The van der Waals surface area contributed by atoms with E-state index in [1.54, 1.807) is 0 Å². The average Bonchev–Trinajstić information content (AvgIpc) is 3.76. The largest absolute Gasteiger partial charge is 0.545 e. The first-order valence-corrected chi connectivity index (χ1v) is 40.6. The molecule has 2 unspecified atom stereocenters.